The van der Waals surface area contributed by atoms with Crippen molar-refractivity contribution < 1.29 is 17.8 Å². The summed E-state index contributed by atoms with van der Waals surface area (Å²) in [5.74, 6) is 0. The fourth-order valence-corrected chi connectivity index (χ4v) is 3.52. The Labute approximate surface area is 158 Å². The summed E-state index contributed by atoms with van der Waals surface area (Å²) in [6.07, 6.45) is 13.3. The quantitative estimate of drug-likeness (QED) is 0.363. The molecule has 6 nitrogen and oxygen atoms in total. The first-order valence-electron chi connectivity index (χ1n) is 9.39. The molecule has 26 heavy (non-hydrogen) atoms. The van der Waals surface area contributed by atoms with Gasteiger partial charge >= 0.3 is 6.03 Å². The molecule has 0 spiro atoms. The van der Waals surface area contributed by atoms with Crippen LogP contribution >= 0.6 is 0 Å². The molecule has 0 aliphatic carbocycles. The normalized spacial score (nSPS) is 10.8. The lowest BCUT2D eigenvalue weighted by molar-refractivity contribution is 0.256. The molecule has 1 aromatic carbocycles. The lowest BCUT2D eigenvalue weighted by Gasteiger charge is -2.07. The second-order valence-electron chi connectivity index (χ2n) is 6.42. The maximum absolute atomic E-state index is 11.3. The molecule has 0 atom stereocenters. The van der Waals surface area contributed by atoms with E-state index in [2.05, 4.69) is 18.4 Å². The van der Waals surface area contributed by atoms with Crippen LogP contribution in [0.25, 0.3) is 0 Å². The van der Waals surface area contributed by atoms with Gasteiger partial charge in [0.05, 0.1) is 4.90 Å². The van der Waals surface area contributed by atoms with Crippen LogP contribution in [0.1, 0.15) is 76.7 Å². The topological polar surface area (TPSA) is 123 Å². The van der Waals surface area contributed by atoms with E-state index in [0.29, 0.717) is 6.42 Å². The third-order valence-corrected chi connectivity index (χ3v) is 5.00. The highest BCUT2D eigenvalue weighted by Gasteiger charge is 2.13. The Hall–Kier alpha value is -1.60. The second-order valence-corrected chi connectivity index (χ2v) is 7.81. The van der Waals surface area contributed by atoms with E-state index in [4.69, 9.17) is 4.79 Å². The molecule has 0 aromatic heterocycles. The zero-order valence-electron chi connectivity index (χ0n) is 15.8. The van der Waals surface area contributed by atoms with Crippen LogP contribution in [0.3, 0.4) is 0 Å². The number of carbonyl (C=O) groups is 1. The molecule has 7 heteroatoms. The van der Waals surface area contributed by atoms with Gasteiger partial charge in [-0.3, -0.25) is 4.55 Å². The molecular weight excluding hydrogens is 352 g/mol. The van der Waals surface area contributed by atoms with Crippen LogP contribution < -0.4 is 11.5 Å². The number of amides is 2. The molecule has 0 saturated carbocycles. The summed E-state index contributed by atoms with van der Waals surface area (Å²) >= 11 is 0. The van der Waals surface area contributed by atoms with E-state index in [-0.39, 0.29) is 4.90 Å². The summed E-state index contributed by atoms with van der Waals surface area (Å²) in [4.78, 5) is 9.06. The SMILES string of the molecule is CCCCCCCCCCCCc1ccccc1S(=O)(=O)O.NC(N)=O. The molecule has 1 rings (SSSR count). The van der Waals surface area contributed by atoms with Gasteiger partial charge in [0.15, 0.2) is 0 Å². The van der Waals surface area contributed by atoms with E-state index in [1.54, 1.807) is 12.1 Å². The van der Waals surface area contributed by atoms with Crippen molar-refractivity contribution in [3.8, 4) is 0 Å². The van der Waals surface area contributed by atoms with E-state index < -0.39 is 16.1 Å². The van der Waals surface area contributed by atoms with Crippen LogP contribution in [-0.2, 0) is 16.5 Å². The van der Waals surface area contributed by atoms with Gasteiger partial charge in [0.2, 0.25) is 0 Å². The van der Waals surface area contributed by atoms with Gasteiger partial charge < -0.3 is 11.5 Å². The number of unbranched alkanes of at least 4 members (excludes halogenated alkanes) is 9. The number of nitrogens with two attached hydrogens (primary N) is 2. The lowest BCUT2D eigenvalue weighted by atomic mass is 10.0. The number of urea groups is 1. The van der Waals surface area contributed by atoms with Gasteiger partial charge in [0, 0.05) is 0 Å². The van der Waals surface area contributed by atoms with Crippen molar-refractivity contribution in [2.45, 2.75) is 82.4 Å². The third kappa shape index (κ3) is 13.7. The predicted octanol–water partition coefficient (Wildman–Crippen LogP) is 4.42. The molecule has 5 N–H and O–H groups in total. The van der Waals surface area contributed by atoms with E-state index in [9.17, 15) is 13.0 Å². The minimum absolute atomic E-state index is 0.0610. The summed E-state index contributed by atoms with van der Waals surface area (Å²) < 4.78 is 31.8. The minimum Gasteiger partial charge on any atom is -0.352 e. The predicted molar refractivity (Wildman–Crippen MR) is 106 cm³/mol. The zero-order valence-corrected chi connectivity index (χ0v) is 16.6. The highest BCUT2D eigenvalue weighted by atomic mass is 32.2. The summed E-state index contributed by atoms with van der Waals surface area (Å²) in [5, 5.41) is 0. The van der Waals surface area contributed by atoms with Crippen LogP contribution in [0.4, 0.5) is 4.79 Å². The summed E-state index contributed by atoms with van der Waals surface area (Å²) in [6.45, 7) is 2.24. The van der Waals surface area contributed by atoms with Gasteiger partial charge in [0.25, 0.3) is 10.1 Å². The van der Waals surface area contributed by atoms with Gasteiger partial charge in [-0.25, -0.2) is 4.79 Å². The van der Waals surface area contributed by atoms with Gasteiger partial charge in [-0.15, -0.1) is 0 Å². The van der Waals surface area contributed by atoms with Crippen molar-refractivity contribution >= 4 is 16.1 Å². The lowest BCUT2D eigenvalue weighted by Crippen LogP contribution is -2.18. The Morgan fingerprint density at radius 2 is 1.31 bits per heavy atom. The van der Waals surface area contributed by atoms with Crippen LogP contribution in [0.15, 0.2) is 29.2 Å². The molecule has 0 radical (unpaired) electrons. The first-order valence-corrected chi connectivity index (χ1v) is 10.8. The van der Waals surface area contributed by atoms with Gasteiger partial charge in [0.1, 0.15) is 0 Å². The second kappa shape index (κ2) is 14.6. The van der Waals surface area contributed by atoms with Crippen LogP contribution in [0.5, 0.6) is 0 Å². The van der Waals surface area contributed by atoms with Crippen molar-refractivity contribution in [1.82, 2.24) is 0 Å². The molecule has 150 valence electrons. The molecule has 1 aromatic rings. The summed E-state index contributed by atoms with van der Waals surface area (Å²) in [5.41, 5.74) is 9.23. The Bertz CT molecular complexity index is 599. The summed E-state index contributed by atoms with van der Waals surface area (Å²) in [6, 6.07) is 5.89. The average molecular weight is 387 g/mol. The molecule has 0 saturated heterocycles. The zero-order chi connectivity index (χ0) is 19.8. The highest BCUT2D eigenvalue weighted by molar-refractivity contribution is 7.85. The monoisotopic (exact) mass is 386 g/mol. The first-order chi connectivity index (χ1) is 12.3. The molecular formula is C19H34N2O4S. The van der Waals surface area contributed by atoms with Crippen molar-refractivity contribution in [2.24, 2.45) is 11.5 Å². The number of aryl methyl sites for hydroxylation is 1. The highest BCUT2D eigenvalue weighted by Crippen LogP contribution is 2.18. The number of primary amides is 2. The molecule has 0 heterocycles. The molecule has 0 bridgehead atoms. The first kappa shape index (κ1) is 24.4. The fraction of sp³-hybridized carbons (Fsp3) is 0.632. The standard InChI is InChI=1S/C18H30O3S.CH4N2O/c1-2-3-4-5-6-7-8-9-10-11-14-17-15-12-13-16-18(17)22(19,20)21;2-1(3)4/h12-13,15-16H,2-11,14H2,1H3,(H,19,20,21);(H4,2,3,4). The average Bonchev–Trinajstić information content (AvgIpc) is 2.55. The van der Waals surface area contributed by atoms with Crippen molar-refractivity contribution in [3.63, 3.8) is 0 Å². The Balaban J connectivity index is 0.00000141. The Kier molecular flexibility index (Phi) is 13.7. The Morgan fingerprint density at radius 1 is 0.885 bits per heavy atom. The van der Waals surface area contributed by atoms with E-state index in [1.165, 1.54) is 57.4 Å². The van der Waals surface area contributed by atoms with Crippen LogP contribution in [0.2, 0.25) is 0 Å². The van der Waals surface area contributed by atoms with Crippen molar-refractivity contribution in [2.75, 3.05) is 0 Å². The molecule has 2 amide bonds. The van der Waals surface area contributed by atoms with Gasteiger partial charge in [-0.2, -0.15) is 8.42 Å². The number of carbonyl (C=O) groups excluding carboxylic acids is 1. The van der Waals surface area contributed by atoms with Crippen molar-refractivity contribution in [1.29, 1.82) is 0 Å². The third-order valence-electron chi connectivity index (χ3n) is 4.05. The fourth-order valence-electron chi connectivity index (χ4n) is 2.76. The number of hydrogen-bond donors (Lipinski definition) is 3. The van der Waals surface area contributed by atoms with E-state index in [1.807, 2.05) is 6.07 Å². The Morgan fingerprint density at radius 3 is 1.77 bits per heavy atom. The minimum atomic E-state index is -4.10. The van der Waals surface area contributed by atoms with Crippen LogP contribution in [0, 0.1) is 0 Å². The molecule has 0 aliphatic heterocycles. The molecule has 0 fully saturated rings. The molecule has 0 unspecified atom stereocenters. The smallest absolute Gasteiger partial charge is 0.309 e. The summed E-state index contributed by atoms with van der Waals surface area (Å²) in [7, 11) is -4.10. The van der Waals surface area contributed by atoms with Crippen molar-refractivity contribution in [3.05, 3.63) is 29.8 Å². The molecule has 0 aliphatic rings. The van der Waals surface area contributed by atoms with Crippen LogP contribution in [-0.4, -0.2) is 19.0 Å². The van der Waals surface area contributed by atoms with E-state index in [0.717, 1.165) is 18.4 Å². The van der Waals surface area contributed by atoms with Gasteiger partial charge in [-0.1, -0.05) is 82.9 Å². The number of hydrogen-bond acceptors (Lipinski definition) is 3. The van der Waals surface area contributed by atoms with E-state index >= 15 is 0 Å². The number of benzene rings is 1. The van der Waals surface area contributed by atoms with Gasteiger partial charge in [-0.05, 0) is 24.5 Å². The number of rotatable bonds is 12. The maximum atomic E-state index is 11.3. The largest absolute Gasteiger partial charge is 0.352 e. The maximum Gasteiger partial charge on any atom is 0.309 e.